The molecule has 0 amide bonds. The van der Waals surface area contributed by atoms with Gasteiger partial charge < -0.3 is 4.98 Å². The van der Waals surface area contributed by atoms with Gasteiger partial charge in [-0.1, -0.05) is 28.4 Å². The van der Waals surface area contributed by atoms with E-state index < -0.39 is 0 Å². The number of aromatic amines is 1. The molecule has 0 radical (unpaired) electrons. The molecule has 18 heavy (non-hydrogen) atoms. The number of piperidine rings is 1. The number of nitrogens with zero attached hydrogens (tertiary/aromatic N) is 1. The molecule has 0 unspecified atom stereocenters. The van der Waals surface area contributed by atoms with Crippen LogP contribution in [0.1, 0.15) is 36.6 Å². The number of fused-ring (bicyclic) bond motifs is 5. The number of rotatable bonds is 0. The van der Waals surface area contributed by atoms with E-state index in [0.29, 0.717) is 6.04 Å². The highest BCUT2D eigenvalue weighted by atomic mass is 79.9. The minimum Gasteiger partial charge on any atom is -0.357 e. The number of nitrogens with one attached hydrogen (secondary N) is 1. The van der Waals surface area contributed by atoms with Gasteiger partial charge in [0.15, 0.2) is 0 Å². The second-order valence-electron chi connectivity index (χ2n) is 5.50. The molecule has 2 nitrogen and oxygen atoms in total. The lowest BCUT2D eigenvalue weighted by atomic mass is 9.91. The molecule has 1 aromatic heterocycles. The van der Waals surface area contributed by atoms with E-state index in [2.05, 4.69) is 44.0 Å². The Bertz CT molecular complexity index is 602. The molecule has 2 aliphatic rings. The van der Waals surface area contributed by atoms with E-state index >= 15 is 0 Å². The van der Waals surface area contributed by atoms with Gasteiger partial charge in [-0.15, -0.1) is 0 Å². The van der Waals surface area contributed by atoms with Crippen molar-refractivity contribution in [2.24, 2.45) is 0 Å². The standard InChI is InChI=1S/C15H17BrN2/c16-10-4-5-11-12-6-8-18-7-2-1-3-14(18)15(12)17-13(11)9-10/h4-5,9,14,17H,1-3,6-8H2/t14-/m1/s1. The summed E-state index contributed by atoms with van der Waals surface area (Å²) in [5.41, 5.74) is 4.36. The monoisotopic (exact) mass is 304 g/mol. The smallest absolute Gasteiger partial charge is 0.0501 e. The molecule has 0 bridgehead atoms. The summed E-state index contributed by atoms with van der Waals surface area (Å²) in [5, 5.41) is 1.43. The number of halogens is 1. The van der Waals surface area contributed by atoms with Crippen molar-refractivity contribution in [1.82, 2.24) is 9.88 Å². The molecule has 1 atom stereocenters. The third kappa shape index (κ3) is 1.57. The van der Waals surface area contributed by atoms with E-state index in [1.54, 1.807) is 5.56 Å². The minimum atomic E-state index is 0.647. The van der Waals surface area contributed by atoms with Gasteiger partial charge in [-0.25, -0.2) is 0 Å². The molecule has 1 N–H and O–H groups in total. The third-order valence-electron chi connectivity index (χ3n) is 4.50. The summed E-state index contributed by atoms with van der Waals surface area (Å²) in [5.74, 6) is 0. The van der Waals surface area contributed by atoms with E-state index in [1.807, 2.05) is 0 Å². The maximum absolute atomic E-state index is 3.68. The Morgan fingerprint density at radius 2 is 2.17 bits per heavy atom. The quantitative estimate of drug-likeness (QED) is 0.779. The lowest BCUT2D eigenvalue weighted by Gasteiger charge is -2.39. The number of hydrogen-bond donors (Lipinski definition) is 1. The Kier molecular flexibility index (Phi) is 2.52. The number of H-pyrrole nitrogens is 1. The molecule has 0 spiro atoms. The molecule has 2 aromatic rings. The van der Waals surface area contributed by atoms with E-state index in [0.717, 1.165) is 4.47 Å². The molecule has 1 saturated heterocycles. The highest BCUT2D eigenvalue weighted by Gasteiger charge is 2.31. The van der Waals surface area contributed by atoms with Crippen LogP contribution in [0.4, 0.5) is 0 Å². The molecule has 0 saturated carbocycles. The largest absolute Gasteiger partial charge is 0.357 e. The molecule has 3 heteroatoms. The van der Waals surface area contributed by atoms with Crippen LogP contribution in [0.15, 0.2) is 22.7 Å². The molecule has 1 aromatic carbocycles. The zero-order chi connectivity index (χ0) is 12.1. The van der Waals surface area contributed by atoms with Crippen molar-refractivity contribution in [2.75, 3.05) is 13.1 Å². The summed E-state index contributed by atoms with van der Waals surface area (Å²) < 4.78 is 1.16. The molecule has 2 aliphatic heterocycles. The van der Waals surface area contributed by atoms with Gasteiger partial charge in [0.25, 0.3) is 0 Å². The second kappa shape index (κ2) is 4.10. The number of benzene rings is 1. The van der Waals surface area contributed by atoms with Crippen molar-refractivity contribution in [2.45, 2.75) is 31.7 Å². The Hall–Kier alpha value is -0.800. The highest BCUT2D eigenvalue weighted by molar-refractivity contribution is 9.10. The topological polar surface area (TPSA) is 19.0 Å². The van der Waals surface area contributed by atoms with Crippen LogP contribution in [0.3, 0.4) is 0 Å². The van der Waals surface area contributed by atoms with E-state index in [-0.39, 0.29) is 0 Å². The first kappa shape index (κ1) is 11.1. The fraction of sp³-hybridized carbons (Fsp3) is 0.467. The lowest BCUT2D eigenvalue weighted by Crippen LogP contribution is -2.38. The average molecular weight is 305 g/mol. The zero-order valence-electron chi connectivity index (χ0n) is 10.4. The SMILES string of the molecule is Brc1ccc2c3c([nH]c2c1)[C@H]1CCCCN1CC3. The Labute approximate surface area is 115 Å². The highest BCUT2D eigenvalue weighted by Crippen LogP contribution is 2.39. The molecule has 3 heterocycles. The minimum absolute atomic E-state index is 0.647. The van der Waals surface area contributed by atoms with Crippen molar-refractivity contribution >= 4 is 26.8 Å². The molecule has 1 fully saturated rings. The molecule has 94 valence electrons. The second-order valence-corrected chi connectivity index (χ2v) is 6.42. The summed E-state index contributed by atoms with van der Waals surface area (Å²) >= 11 is 3.56. The van der Waals surface area contributed by atoms with Crippen LogP contribution < -0.4 is 0 Å². The zero-order valence-corrected chi connectivity index (χ0v) is 12.0. The van der Waals surface area contributed by atoms with Crippen LogP contribution in [0.2, 0.25) is 0 Å². The maximum Gasteiger partial charge on any atom is 0.0501 e. The van der Waals surface area contributed by atoms with Gasteiger partial charge in [0.1, 0.15) is 0 Å². The normalized spacial score (nSPS) is 23.9. The third-order valence-corrected chi connectivity index (χ3v) is 4.99. The Morgan fingerprint density at radius 1 is 1.22 bits per heavy atom. The van der Waals surface area contributed by atoms with Gasteiger partial charge >= 0.3 is 0 Å². The van der Waals surface area contributed by atoms with Gasteiger partial charge in [-0.3, -0.25) is 4.90 Å². The van der Waals surface area contributed by atoms with Crippen LogP contribution in [0.5, 0.6) is 0 Å². The van der Waals surface area contributed by atoms with Crippen molar-refractivity contribution in [3.8, 4) is 0 Å². The number of hydrogen-bond acceptors (Lipinski definition) is 1. The fourth-order valence-electron chi connectivity index (χ4n) is 3.64. The summed E-state index contributed by atoms with van der Waals surface area (Å²) in [6.45, 7) is 2.52. The molecule has 0 aliphatic carbocycles. The number of aromatic nitrogens is 1. The summed E-state index contributed by atoms with van der Waals surface area (Å²) in [4.78, 5) is 6.35. The summed E-state index contributed by atoms with van der Waals surface area (Å²) in [7, 11) is 0. The van der Waals surface area contributed by atoms with Crippen molar-refractivity contribution in [3.63, 3.8) is 0 Å². The van der Waals surface area contributed by atoms with Crippen LogP contribution in [0.25, 0.3) is 10.9 Å². The van der Waals surface area contributed by atoms with Crippen molar-refractivity contribution < 1.29 is 0 Å². The van der Waals surface area contributed by atoms with Crippen molar-refractivity contribution in [1.29, 1.82) is 0 Å². The van der Waals surface area contributed by atoms with E-state index in [1.165, 1.54) is 55.4 Å². The van der Waals surface area contributed by atoms with E-state index in [4.69, 9.17) is 0 Å². The van der Waals surface area contributed by atoms with Gasteiger partial charge in [0.05, 0.1) is 6.04 Å². The molecular formula is C15H17BrN2. The molecular weight excluding hydrogens is 288 g/mol. The predicted octanol–water partition coefficient (Wildman–Crippen LogP) is 4.01. The van der Waals surface area contributed by atoms with Gasteiger partial charge in [-0.05, 0) is 43.5 Å². The summed E-state index contributed by atoms with van der Waals surface area (Å²) in [6, 6.07) is 7.27. The van der Waals surface area contributed by atoms with E-state index in [9.17, 15) is 0 Å². The lowest BCUT2D eigenvalue weighted by molar-refractivity contribution is 0.136. The van der Waals surface area contributed by atoms with Crippen LogP contribution in [-0.4, -0.2) is 23.0 Å². The first-order valence-corrected chi connectivity index (χ1v) is 7.66. The van der Waals surface area contributed by atoms with Crippen molar-refractivity contribution in [3.05, 3.63) is 33.9 Å². The van der Waals surface area contributed by atoms with Gasteiger partial charge in [0, 0.05) is 27.6 Å². The first-order chi connectivity index (χ1) is 8.83. The van der Waals surface area contributed by atoms with Crippen LogP contribution in [-0.2, 0) is 6.42 Å². The fourth-order valence-corrected chi connectivity index (χ4v) is 4.00. The Morgan fingerprint density at radius 3 is 3.11 bits per heavy atom. The molecule has 4 rings (SSSR count). The maximum atomic E-state index is 3.68. The average Bonchev–Trinajstić information content (AvgIpc) is 2.76. The Balaban J connectivity index is 1.89. The van der Waals surface area contributed by atoms with Gasteiger partial charge in [0.2, 0.25) is 0 Å². The van der Waals surface area contributed by atoms with Gasteiger partial charge in [-0.2, -0.15) is 0 Å². The van der Waals surface area contributed by atoms with Crippen LogP contribution in [0, 0.1) is 0 Å². The van der Waals surface area contributed by atoms with Crippen LogP contribution >= 0.6 is 15.9 Å². The predicted molar refractivity (Wildman–Crippen MR) is 77.9 cm³/mol. The summed E-state index contributed by atoms with van der Waals surface area (Å²) in [6.07, 6.45) is 5.27. The first-order valence-electron chi connectivity index (χ1n) is 6.87.